The number of halogens is 1. The van der Waals surface area contributed by atoms with Crippen LogP contribution in [-0.4, -0.2) is 61.6 Å². The molecule has 1 aliphatic heterocycles. The van der Waals surface area contributed by atoms with E-state index in [0.717, 1.165) is 41.7 Å². The molecule has 7 nitrogen and oxygen atoms in total. The lowest BCUT2D eigenvalue weighted by Crippen LogP contribution is -2.45. The highest BCUT2D eigenvalue weighted by molar-refractivity contribution is 6.33. The van der Waals surface area contributed by atoms with Crippen molar-refractivity contribution in [3.05, 3.63) is 35.5 Å². The number of hydrogen-bond acceptors (Lipinski definition) is 7. The van der Waals surface area contributed by atoms with Crippen LogP contribution in [0.1, 0.15) is 34.1 Å². The van der Waals surface area contributed by atoms with Crippen LogP contribution in [0.3, 0.4) is 0 Å². The molecule has 0 amide bonds. The van der Waals surface area contributed by atoms with Crippen molar-refractivity contribution in [2.75, 3.05) is 54.2 Å². The Morgan fingerprint density at radius 1 is 1.19 bits per heavy atom. The third-order valence-electron chi connectivity index (χ3n) is 5.39. The van der Waals surface area contributed by atoms with Crippen LogP contribution in [-0.2, 0) is 4.74 Å². The van der Waals surface area contributed by atoms with E-state index in [4.69, 9.17) is 16.3 Å². The van der Waals surface area contributed by atoms with E-state index in [9.17, 15) is 5.11 Å². The molecule has 1 aromatic carbocycles. The Labute approximate surface area is 196 Å². The van der Waals surface area contributed by atoms with Crippen LogP contribution in [0.2, 0.25) is 5.02 Å². The van der Waals surface area contributed by atoms with Crippen LogP contribution in [0.15, 0.2) is 30.5 Å². The third-order valence-corrected chi connectivity index (χ3v) is 5.70. The minimum absolute atomic E-state index is 0.156. The molecule has 3 N–H and O–H groups in total. The average molecular weight is 462 g/mol. The van der Waals surface area contributed by atoms with E-state index in [2.05, 4.69) is 51.4 Å². The predicted molar refractivity (Wildman–Crippen MR) is 135 cm³/mol. The molecule has 32 heavy (non-hydrogen) atoms. The summed E-state index contributed by atoms with van der Waals surface area (Å²) in [5.41, 5.74) is 3.08. The molecule has 1 fully saturated rings. The lowest BCUT2D eigenvalue weighted by Gasteiger charge is -2.36. The van der Waals surface area contributed by atoms with Crippen molar-refractivity contribution in [3.63, 3.8) is 0 Å². The van der Waals surface area contributed by atoms with E-state index >= 15 is 0 Å². The lowest BCUT2D eigenvalue weighted by molar-refractivity contribution is -0.00545. The van der Waals surface area contributed by atoms with Gasteiger partial charge in [-0.25, -0.2) is 4.98 Å². The summed E-state index contributed by atoms with van der Waals surface area (Å²) in [6.07, 6.45) is 2.65. The van der Waals surface area contributed by atoms with Gasteiger partial charge in [-0.05, 0) is 52.3 Å². The molecule has 2 atom stereocenters. The molecule has 2 aromatic rings. The number of hydrogen-bond donors (Lipinski definition) is 3. The summed E-state index contributed by atoms with van der Waals surface area (Å²) in [6.45, 7) is 10.1. The lowest BCUT2D eigenvalue weighted by atomic mass is 10.1. The van der Waals surface area contributed by atoms with Crippen LogP contribution in [0, 0.1) is 0 Å². The van der Waals surface area contributed by atoms with Gasteiger partial charge in [-0.3, -0.25) is 0 Å². The number of rotatable bonds is 8. The molecular formula is C24H36ClN5O2. The Bertz CT molecular complexity index is 906. The van der Waals surface area contributed by atoms with Gasteiger partial charge in [-0.15, -0.1) is 0 Å². The van der Waals surface area contributed by atoms with E-state index in [1.807, 2.05) is 40.1 Å². The Morgan fingerprint density at radius 2 is 1.88 bits per heavy atom. The maximum Gasteiger partial charge on any atom is 0.130 e. The zero-order valence-corrected chi connectivity index (χ0v) is 20.7. The molecular weight excluding hydrogens is 426 g/mol. The van der Waals surface area contributed by atoms with E-state index in [1.165, 1.54) is 0 Å². The largest absolute Gasteiger partial charge is 0.390 e. The third kappa shape index (κ3) is 6.64. The Hall–Kier alpha value is -2.22. The molecule has 1 saturated heterocycles. The topological polar surface area (TPSA) is 72.9 Å². The number of ether oxygens (including phenoxy) is 1. The zero-order valence-electron chi connectivity index (χ0n) is 19.9. The van der Waals surface area contributed by atoms with Gasteiger partial charge in [-0.1, -0.05) is 11.6 Å². The summed E-state index contributed by atoms with van der Waals surface area (Å²) in [4.78, 5) is 8.85. The number of aromatic nitrogens is 1. The summed E-state index contributed by atoms with van der Waals surface area (Å²) < 4.78 is 5.85. The average Bonchev–Trinajstić information content (AvgIpc) is 2.68. The van der Waals surface area contributed by atoms with Gasteiger partial charge in [0.25, 0.3) is 0 Å². The fourth-order valence-electron chi connectivity index (χ4n) is 3.87. The summed E-state index contributed by atoms with van der Waals surface area (Å²) in [7, 11) is 4.03. The number of morpholine rings is 1. The van der Waals surface area contributed by atoms with Crippen molar-refractivity contribution in [2.24, 2.45) is 0 Å². The molecule has 0 saturated carbocycles. The van der Waals surface area contributed by atoms with Crippen LogP contribution in [0.4, 0.5) is 28.6 Å². The molecule has 0 aliphatic carbocycles. The quantitative estimate of drug-likeness (QED) is 0.524. The smallest absolute Gasteiger partial charge is 0.130 e. The molecule has 1 aliphatic rings. The Morgan fingerprint density at radius 3 is 2.50 bits per heavy atom. The van der Waals surface area contributed by atoms with Crippen molar-refractivity contribution in [2.45, 2.75) is 51.9 Å². The maximum atomic E-state index is 10.0. The number of benzene rings is 1. The van der Waals surface area contributed by atoms with Gasteiger partial charge in [0.05, 0.1) is 46.1 Å². The van der Waals surface area contributed by atoms with Crippen LogP contribution < -0.4 is 20.4 Å². The SMILES string of the molecule is CC1CN(c2cc(Nc3ccc(N(C)C)c(NCCC(C)(C)O)c3)c(Cl)cn2)CC(C)O1. The first-order valence-electron chi connectivity index (χ1n) is 11.1. The van der Waals surface area contributed by atoms with Gasteiger partial charge in [0.15, 0.2) is 0 Å². The van der Waals surface area contributed by atoms with E-state index in [0.29, 0.717) is 18.0 Å². The minimum atomic E-state index is -0.712. The maximum absolute atomic E-state index is 10.0. The summed E-state index contributed by atoms with van der Waals surface area (Å²) in [6, 6.07) is 8.16. The number of nitrogens with one attached hydrogen (secondary N) is 2. The van der Waals surface area contributed by atoms with Gasteiger partial charge in [-0.2, -0.15) is 0 Å². The molecule has 3 rings (SSSR count). The predicted octanol–water partition coefficient (Wildman–Crippen LogP) is 4.73. The highest BCUT2D eigenvalue weighted by atomic mass is 35.5. The van der Waals surface area contributed by atoms with E-state index in [-0.39, 0.29) is 12.2 Å². The van der Waals surface area contributed by atoms with Crippen LogP contribution >= 0.6 is 11.6 Å². The fourth-order valence-corrected chi connectivity index (χ4v) is 4.02. The standard InChI is InChI=1S/C24H36ClN5O2/c1-16-14-30(15-17(2)32-16)23-12-20(19(25)13-27-23)28-18-7-8-22(29(5)6)21(11-18)26-10-9-24(3,4)31/h7-8,11-13,16-17,26,31H,9-10,14-15H2,1-6H3,(H,27,28). The van der Waals surface area contributed by atoms with E-state index < -0.39 is 5.60 Å². The zero-order chi connectivity index (χ0) is 23.5. The van der Waals surface area contributed by atoms with Crippen LogP contribution in [0.5, 0.6) is 0 Å². The minimum Gasteiger partial charge on any atom is -0.390 e. The molecule has 2 unspecified atom stereocenters. The van der Waals surface area contributed by atoms with Crippen molar-refractivity contribution in [1.29, 1.82) is 0 Å². The second-order valence-electron chi connectivity index (χ2n) is 9.43. The highest BCUT2D eigenvalue weighted by Crippen LogP contribution is 2.33. The summed E-state index contributed by atoms with van der Waals surface area (Å²) in [5.74, 6) is 0.882. The molecule has 0 radical (unpaired) electrons. The van der Waals surface area contributed by atoms with Gasteiger partial charge in [0.2, 0.25) is 0 Å². The Balaban J connectivity index is 1.80. The van der Waals surface area contributed by atoms with E-state index in [1.54, 1.807) is 6.20 Å². The monoisotopic (exact) mass is 461 g/mol. The summed E-state index contributed by atoms with van der Waals surface area (Å²) >= 11 is 6.48. The van der Waals surface area contributed by atoms with Crippen molar-refractivity contribution >= 4 is 40.2 Å². The van der Waals surface area contributed by atoms with Gasteiger partial charge in [0.1, 0.15) is 5.82 Å². The van der Waals surface area contributed by atoms with Crippen molar-refractivity contribution in [3.8, 4) is 0 Å². The number of pyridine rings is 1. The van der Waals surface area contributed by atoms with Crippen molar-refractivity contribution in [1.82, 2.24) is 4.98 Å². The second-order valence-corrected chi connectivity index (χ2v) is 9.83. The fraction of sp³-hybridized carbons (Fsp3) is 0.542. The molecule has 176 valence electrons. The van der Waals surface area contributed by atoms with Gasteiger partial charge in [0, 0.05) is 45.5 Å². The van der Waals surface area contributed by atoms with Crippen LogP contribution in [0.25, 0.3) is 0 Å². The first kappa shape index (κ1) is 24.4. The van der Waals surface area contributed by atoms with Gasteiger partial charge < -0.3 is 30.3 Å². The molecule has 0 bridgehead atoms. The first-order valence-corrected chi connectivity index (χ1v) is 11.5. The molecule has 0 spiro atoms. The molecule has 1 aromatic heterocycles. The number of anilines is 5. The molecule has 2 heterocycles. The number of nitrogens with zero attached hydrogens (tertiary/aromatic N) is 3. The number of aliphatic hydroxyl groups is 1. The first-order chi connectivity index (χ1) is 15.0. The highest BCUT2D eigenvalue weighted by Gasteiger charge is 2.23. The van der Waals surface area contributed by atoms with Gasteiger partial charge >= 0.3 is 0 Å². The van der Waals surface area contributed by atoms with Crippen molar-refractivity contribution < 1.29 is 9.84 Å². The normalized spacial score (nSPS) is 19.1. The molecule has 8 heteroatoms. The second kappa shape index (κ2) is 10.1. The Kier molecular flexibility index (Phi) is 7.75. The summed E-state index contributed by atoms with van der Waals surface area (Å²) in [5, 5.41) is 17.5.